The molecule has 226 valence electrons. The Morgan fingerprint density at radius 2 is 1.83 bits per heavy atom. The van der Waals surface area contributed by atoms with E-state index < -0.39 is 41.5 Å². The molecule has 3 N–H and O–H groups in total. The number of carbonyl (C=O) groups is 4. The van der Waals surface area contributed by atoms with E-state index >= 15 is 0 Å². The molecule has 2 aromatic rings. The van der Waals surface area contributed by atoms with Crippen LogP contribution in [0.2, 0.25) is 0 Å². The molecule has 0 saturated carbocycles. The van der Waals surface area contributed by atoms with Crippen LogP contribution >= 0.6 is 0 Å². The number of esters is 1. The standard InChI is InChI=1S/C32H43N5O5/c1-7-19(2)28-29(39)33-20(3)27(38)18-37-16-8-9-25(36-37)30(40)42-21(4)24-13-12-23-11-10-22(17-26(23)34-24)14-15-32(5,6)31(41)35-28/h10-15,17,19-21,25,28,36H,7-9,16,18H2,1-6H3,(H,33,39)(H,35,41). The topological polar surface area (TPSA) is 130 Å². The van der Waals surface area contributed by atoms with E-state index in [1.165, 1.54) is 0 Å². The summed E-state index contributed by atoms with van der Waals surface area (Å²) in [5.74, 6) is -1.47. The van der Waals surface area contributed by atoms with Gasteiger partial charge in [0, 0.05) is 11.9 Å². The number of ether oxygens (including phenoxy) is 1. The maximum absolute atomic E-state index is 13.4. The first-order valence-electron chi connectivity index (χ1n) is 14.8. The highest BCUT2D eigenvalue weighted by Gasteiger charge is 2.34. The van der Waals surface area contributed by atoms with Gasteiger partial charge in [-0.3, -0.25) is 19.2 Å². The van der Waals surface area contributed by atoms with Crippen LogP contribution in [0.15, 0.2) is 36.4 Å². The minimum atomic E-state index is -0.923. The lowest BCUT2D eigenvalue weighted by molar-refractivity contribution is -0.155. The predicted octanol–water partition coefficient (Wildman–Crippen LogP) is 3.47. The zero-order valence-corrected chi connectivity index (χ0v) is 25.4. The third-order valence-corrected chi connectivity index (χ3v) is 8.24. The Balaban J connectivity index is 1.68. The normalized spacial score (nSPS) is 28.4. The van der Waals surface area contributed by atoms with Crippen LogP contribution in [-0.4, -0.2) is 64.8 Å². The molecule has 2 aliphatic heterocycles. The second kappa shape index (κ2) is 13.1. The van der Waals surface area contributed by atoms with Gasteiger partial charge in [0.2, 0.25) is 11.8 Å². The van der Waals surface area contributed by atoms with E-state index in [9.17, 15) is 19.2 Å². The van der Waals surface area contributed by atoms with Gasteiger partial charge in [0.05, 0.1) is 29.2 Å². The van der Waals surface area contributed by atoms with E-state index in [2.05, 4.69) is 16.1 Å². The molecule has 0 radical (unpaired) electrons. The van der Waals surface area contributed by atoms with Crippen LogP contribution in [0, 0.1) is 11.3 Å². The van der Waals surface area contributed by atoms with Crippen molar-refractivity contribution in [2.45, 2.75) is 85.0 Å². The number of Topliss-reactive ketones (excluding diaryl/α,β-unsaturated/α-hetero) is 1. The number of hydrogen-bond acceptors (Lipinski definition) is 8. The molecule has 42 heavy (non-hydrogen) atoms. The predicted molar refractivity (Wildman–Crippen MR) is 161 cm³/mol. The Labute approximate surface area is 247 Å². The molecule has 1 fully saturated rings. The van der Waals surface area contributed by atoms with Crippen LogP contribution in [0.3, 0.4) is 0 Å². The average molecular weight is 578 g/mol. The molecule has 10 heteroatoms. The van der Waals surface area contributed by atoms with Crippen molar-refractivity contribution in [2.75, 3.05) is 13.1 Å². The van der Waals surface area contributed by atoms with E-state index in [1.807, 2.05) is 56.3 Å². The number of pyridine rings is 1. The van der Waals surface area contributed by atoms with E-state index in [0.717, 1.165) is 16.5 Å². The molecular formula is C32H43N5O5. The van der Waals surface area contributed by atoms with Crippen LogP contribution in [0.4, 0.5) is 0 Å². The number of ketones is 1. The molecule has 0 aliphatic carbocycles. The monoisotopic (exact) mass is 577 g/mol. The third-order valence-electron chi connectivity index (χ3n) is 8.24. The highest BCUT2D eigenvalue weighted by Crippen LogP contribution is 2.25. The summed E-state index contributed by atoms with van der Waals surface area (Å²) in [7, 11) is 0. The summed E-state index contributed by atoms with van der Waals surface area (Å²) in [5, 5.41) is 8.38. The highest BCUT2D eigenvalue weighted by molar-refractivity contribution is 5.95. The fourth-order valence-corrected chi connectivity index (χ4v) is 5.05. The van der Waals surface area contributed by atoms with Crippen LogP contribution in [0.5, 0.6) is 0 Å². The van der Waals surface area contributed by atoms with Gasteiger partial charge < -0.3 is 15.4 Å². The summed E-state index contributed by atoms with van der Waals surface area (Å²) in [6, 6.07) is 7.45. The molecule has 2 aliphatic rings. The number of hydrazine groups is 1. The first kappa shape index (κ1) is 31.3. The van der Waals surface area contributed by atoms with E-state index in [4.69, 9.17) is 9.72 Å². The molecular weight excluding hydrogens is 534 g/mol. The number of hydrogen-bond donors (Lipinski definition) is 3. The molecule has 3 heterocycles. The number of amides is 2. The first-order valence-corrected chi connectivity index (χ1v) is 14.8. The zero-order chi connectivity index (χ0) is 30.6. The molecule has 0 spiro atoms. The summed E-state index contributed by atoms with van der Waals surface area (Å²) < 4.78 is 5.79. The Kier molecular flexibility index (Phi) is 9.78. The summed E-state index contributed by atoms with van der Waals surface area (Å²) in [6.07, 6.45) is 5.04. The number of cyclic esters (lactones) is 1. The lowest BCUT2D eigenvalue weighted by Crippen LogP contribution is -2.58. The zero-order valence-electron chi connectivity index (χ0n) is 25.4. The summed E-state index contributed by atoms with van der Waals surface area (Å²) in [5.41, 5.74) is 4.43. The highest BCUT2D eigenvalue weighted by atomic mass is 16.5. The summed E-state index contributed by atoms with van der Waals surface area (Å²) in [6.45, 7) is 11.4. The van der Waals surface area contributed by atoms with E-state index in [0.29, 0.717) is 31.5 Å². The lowest BCUT2D eigenvalue weighted by atomic mass is 9.89. The second-order valence-electron chi connectivity index (χ2n) is 12.1. The number of benzene rings is 1. The van der Waals surface area contributed by atoms with Crippen molar-refractivity contribution in [1.29, 1.82) is 0 Å². The SMILES string of the molecule is CCC(C)C1NC(=O)C(C)(C)C=Cc2ccc3ccc(nc3c2)C(C)OC(=O)C2CCCN(CC(=O)C(C)NC1=O)N2. The molecule has 2 amide bonds. The average Bonchev–Trinajstić information content (AvgIpc) is 2.97. The Morgan fingerprint density at radius 1 is 1.10 bits per heavy atom. The third kappa shape index (κ3) is 7.41. The van der Waals surface area contributed by atoms with Crippen molar-refractivity contribution >= 4 is 40.5 Å². The molecule has 10 nitrogen and oxygen atoms in total. The van der Waals surface area contributed by atoms with Gasteiger partial charge in [-0.25, -0.2) is 15.4 Å². The number of rotatable bonds is 2. The maximum Gasteiger partial charge on any atom is 0.325 e. The smallest absolute Gasteiger partial charge is 0.325 e. The Bertz CT molecular complexity index is 1370. The van der Waals surface area contributed by atoms with Crippen LogP contribution in [-0.2, 0) is 23.9 Å². The molecule has 5 bridgehead atoms. The molecule has 1 aromatic carbocycles. The van der Waals surface area contributed by atoms with Gasteiger partial charge in [0.1, 0.15) is 18.2 Å². The minimum Gasteiger partial charge on any atom is -0.455 e. The van der Waals surface area contributed by atoms with Crippen molar-refractivity contribution < 1.29 is 23.9 Å². The Morgan fingerprint density at radius 3 is 2.57 bits per heavy atom. The Hall–Kier alpha value is -3.63. The summed E-state index contributed by atoms with van der Waals surface area (Å²) in [4.78, 5) is 57.7. The molecule has 1 saturated heterocycles. The van der Waals surface area contributed by atoms with Gasteiger partial charge in [-0.15, -0.1) is 0 Å². The second-order valence-corrected chi connectivity index (χ2v) is 12.1. The van der Waals surface area contributed by atoms with Gasteiger partial charge in [-0.05, 0) is 64.2 Å². The van der Waals surface area contributed by atoms with Crippen molar-refractivity contribution in [3.8, 4) is 0 Å². The van der Waals surface area contributed by atoms with Gasteiger partial charge >= 0.3 is 5.97 Å². The number of nitrogens with one attached hydrogen (secondary N) is 3. The minimum absolute atomic E-state index is 0.00747. The van der Waals surface area contributed by atoms with Gasteiger partial charge in [0.15, 0.2) is 5.78 Å². The molecule has 4 rings (SSSR count). The summed E-state index contributed by atoms with van der Waals surface area (Å²) >= 11 is 0. The van der Waals surface area contributed by atoms with E-state index in [1.54, 1.807) is 32.7 Å². The van der Waals surface area contributed by atoms with Gasteiger partial charge in [-0.1, -0.05) is 50.6 Å². The largest absolute Gasteiger partial charge is 0.455 e. The van der Waals surface area contributed by atoms with Gasteiger partial charge in [0.25, 0.3) is 0 Å². The van der Waals surface area contributed by atoms with Crippen molar-refractivity contribution in [1.82, 2.24) is 26.1 Å². The molecule has 1 aromatic heterocycles. The maximum atomic E-state index is 13.4. The fourth-order valence-electron chi connectivity index (χ4n) is 5.05. The molecule has 6 atom stereocenters. The number of carbonyl (C=O) groups excluding carboxylic acids is 4. The number of nitrogens with zero attached hydrogens (tertiary/aromatic N) is 2. The van der Waals surface area contributed by atoms with Crippen molar-refractivity contribution in [2.24, 2.45) is 11.3 Å². The first-order chi connectivity index (χ1) is 19.9. The van der Waals surface area contributed by atoms with Crippen LogP contribution in [0.1, 0.15) is 78.2 Å². The van der Waals surface area contributed by atoms with Crippen molar-refractivity contribution in [3.05, 3.63) is 47.7 Å². The van der Waals surface area contributed by atoms with Crippen LogP contribution in [0.25, 0.3) is 17.0 Å². The lowest BCUT2D eigenvalue weighted by Gasteiger charge is -2.33. The van der Waals surface area contributed by atoms with Gasteiger partial charge in [-0.2, -0.15) is 0 Å². The van der Waals surface area contributed by atoms with Crippen LogP contribution < -0.4 is 16.1 Å². The fraction of sp³-hybridized carbons (Fsp3) is 0.531. The number of fused-ring (bicyclic) bond motifs is 4. The molecule has 6 unspecified atom stereocenters. The quantitative estimate of drug-likeness (QED) is 0.463. The van der Waals surface area contributed by atoms with E-state index in [-0.39, 0.29) is 24.2 Å². The van der Waals surface area contributed by atoms with Crippen molar-refractivity contribution in [3.63, 3.8) is 0 Å². The number of aromatic nitrogens is 1.